The number of imidazole rings is 1. The molecule has 0 spiro atoms. The van der Waals surface area contributed by atoms with Gasteiger partial charge in [0.05, 0.1) is 7.11 Å². The molecule has 0 bridgehead atoms. The van der Waals surface area contributed by atoms with Gasteiger partial charge in [0.15, 0.2) is 0 Å². The van der Waals surface area contributed by atoms with E-state index in [1.54, 1.807) is 31.6 Å². The van der Waals surface area contributed by atoms with Crippen molar-refractivity contribution in [1.82, 2.24) is 15.3 Å². The largest absolute Gasteiger partial charge is 0.497 e. The minimum Gasteiger partial charge on any atom is -0.497 e. The van der Waals surface area contributed by atoms with Crippen molar-refractivity contribution in [1.29, 1.82) is 0 Å². The Morgan fingerprint density at radius 3 is 2.50 bits per heavy atom. The Bertz CT molecular complexity index is 778. The van der Waals surface area contributed by atoms with Gasteiger partial charge >= 0.3 is 0 Å². The molecule has 5 nitrogen and oxygen atoms in total. The summed E-state index contributed by atoms with van der Waals surface area (Å²) >= 11 is 0. The van der Waals surface area contributed by atoms with Crippen LogP contribution in [0.3, 0.4) is 0 Å². The molecule has 5 heteroatoms. The van der Waals surface area contributed by atoms with Gasteiger partial charge in [0, 0.05) is 30.1 Å². The Balaban J connectivity index is 1.53. The van der Waals surface area contributed by atoms with Crippen LogP contribution in [0.15, 0.2) is 60.9 Å². The lowest BCUT2D eigenvalue weighted by molar-refractivity contribution is 0.0954. The summed E-state index contributed by atoms with van der Waals surface area (Å²) in [5.74, 6) is 1.55. The SMILES string of the molecule is COc1ccc(CCNC(=O)c2ccc(-c3ncc[nH]3)cc2)cc1. The highest BCUT2D eigenvalue weighted by Gasteiger charge is 2.06. The Labute approximate surface area is 140 Å². The van der Waals surface area contributed by atoms with Crippen LogP contribution in [0.2, 0.25) is 0 Å². The first-order valence-corrected chi connectivity index (χ1v) is 7.77. The fourth-order valence-electron chi connectivity index (χ4n) is 2.42. The molecule has 0 atom stereocenters. The number of amides is 1. The predicted octanol–water partition coefficient (Wildman–Crippen LogP) is 3.06. The number of benzene rings is 2. The molecule has 1 heterocycles. The lowest BCUT2D eigenvalue weighted by Crippen LogP contribution is -2.25. The Morgan fingerprint density at radius 1 is 1.12 bits per heavy atom. The quantitative estimate of drug-likeness (QED) is 0.733. The monoisotopic (exact) mass is 321 g/mol. The molecule has 2 N–H and O–H groups in total. The topological polar surface area (TPSA) is 67.0 Å². The van der Waals surface area contributed by atoms with Crippen LogP contribution >= 0.6 is 0 Å². The zero-order valence-corrected chi connectivity index (χ0v) is 13.5. The Kier molecular flexibility index (Phi) is 4.91. The number of nitrogens with zero attached hydrogens (tertiary/aromatic N) is 1. The number of H-pyrrole nitrogens is 1. The van der Waals surface area contributed by atoms with Crippen LogP contribution in [0.4, 0.5) is 0 Å². The van der Waals surface area contributed by atoms with E-state index in [-0.39, 0.29) is 5.91 Å². The molecule has 24 heavy (non-hydrogen) atoms. The molecule has 0 saturated heterocycles. The lowest BCUT2D eigenvalue weighted by Gasteiger charge is -2.07. The molecule has 0 saturated carbocycles. The third-order valence-corrected chi connectivity index (χ3v) is 3.78. The maximum atomic E-state index is 12.2. The Morgan fingerprint density at radius 2 is 1.88 bits per heavy atom. The molecule has 0 aliphatic rings. The molecule has 0 radical (unpaired) electrons. The van der Waals surface area contributed by atoms with Crippen LogP contribution in [0.25, 0.3) is 11.4 Å². The standard InChI is InChI=1S/C19H19N3O2/c1-24-17-8-2-14(3-9-17)10-11-22-19(23)16-6-4-15(5-7-16)18-20-12-13-21-18/h2-9,12-13H,10-11H2,1H3,(H,20,21)(H,22,23). The smallest absolute Gasteiger partial charge is 0.251 e. The molecule has 0 unspecified atom stereocenters. The van der Waals surface area contributed by atoms with Gasteiger partial charge in [-0.15, -0.1) is 0 Å². The number of carbonyl (C=O) groups excluding carboxylic acids is 1. The van der Waals surface area contributed by atoms with Crippen LogP contribution in [0, 0.1) is 0 Å². The molecule has 1 amide bonds. The maximum absolute atomic E-state index is 12.2. The molecule has 0 aliphatic heterocycles. The van der Waals surface area contributed by atoms with Crippen molar-refractivity contribution in [2.24, 2.45) is 0 Å². The van der Waals surface area contributed by atoms with Gasteiger partial charge in [-0.1, -0.05) is 24.3 Å². The van der Waals surface area contributed by atoms with E-state index < -0.39 is 0 Å². The van der Waals surface area contributed by atoms with Crippen molar-refractivity contribution in [3.05, 3.63) is 72.1 Å². The number of hydrogen-bond donors (Lipinski definition) is 2. The summed E-state index contributed by atoms with van der Waals surface area (Å²) in [5.41, 5.74) is 2.75. The minimum absolute atomic E-state index is 0.0745. The van der Waals surface area contributed by atoms with Gasteiger partial charge in [-0.25, -0.2) is 4.98 Å². The fraction of sp³-hybridized carbons (Fsp3) is 0.158. The predicted molar refractivity (Wildman–Crippen MR) is 93.1 cm³/mol. The highest BCUT2D eigenvalue weighted by Crippen LogP contribution is 2.15. The van der Waals surface area contributed by atoms with Gasteiger partial charge in [0.2, 0.25) is 0 Å². The van der Waals surface area contributed by atoms with Crippen LogP contribution in [-0.2, 0) is 6.42 Å². The van der Waals surface area contributed by atoms with Gasteiger partial charge in [-0.3, -0.25) is 4.79 Å². The first kappa shape index (κ1) is 15.8. The average Bonchev–Trinajstić information content (AvgIpc) is 3.17. The van der Waals surface area contributed by atoms with Crippen molar-refractivity contribution in [2.45, 2.75) is 6.42 Å². The fourth-order valence-corrected chi connectivity index (χ4v) is 2.42. The molecular weight excluding hydrogens is 302 g/mol. The molecular formula is C19H19N3O2. The number of nitrogens with one attached hydrogen (secondary N) is 2. The van der Waals surface area contributed by atoms with Crippen molar-refractivity contribution in [3.8, 4) is 17.1 Å². The van der Waals surface area contributed by atoms with E-state index in [1.165, 1.54) is 0 Å². The van der Waals surface area contributed by atoms with E-state index in [0.29, 0.717) is 12.1 Å². The summed E-state index contributed by atoms with van der Waals surface area (Å²) in [5, 5.41) is 2.94. The molecule has 2 aromatic carbocycles. The lowest BCUT2D eigenvalue weighted by atomic mass is 10.1. The molecule has 3 rings (SSSR count). The zero-order valence-electron chi connectivity index (χ0n) is 13.5. The summed E-state index contributed by atoms with van der Waals surface area (Å²) in [4.78, 5) is 19.4. The van der Waals surface area contributed by atoms with E-state index in [9.17, 15) is 4.79 Å². The van der Waals surface area contributed by atoms with Crippen LogP contribution < -0.4 is 10.1 Å². The highest BCUT2D eigenvalue weighted by molar-refractivity contribution is 5.94. The van der Waals surface area contributed by atoms with Gasteiger partial charge in [0.25, 0.3) is 5.91 Å². The van der Waals surface area contributed by atoms with Crippen molar-refractivity contribution in [3.63, 3.8) is 0 Å². The van der Waals surface area contributed by atoms with E-state index >= 15 is 0 Å². The summed E-state index contributed by atoms with van der Waals surface area (Å²) in [6, 6.07) is 15.2. The second-order valence-corrected chi connectivity index (χ2v) is 5.37. The second-order valence-electron chi connectivity index (χ2n) is 5.37. The van der Waals surface area contributed by atoms with Crippen LogP contribution in [0.5, 0.6) is 5.75 Å². The highest BCUT2D eigenvalue weighted by atomic mass is 16.5. The zero-order chi connectivity index (χ0) is 16.8. The van der Waals surface area contributed by atoms with E-state index in [0.717, 1.165) is 29.1 Å². The average molecular weight is 321 g/mol. The van der Waals surface area contributed by atoms with E-state index in [1.807, 2.05) is 36.4 Å². The van der Waals surface area contributed by atoms with Crippen molar-refractivity contribution >= 4 is 5.91 Å². The second kappa shape index (κ2) is 7.46. The molecule has 0 aliphatic carbocycles. The number of methoxy groups -OCH3 is 1. The third kappa shape index (κ3) is 3.81. The molecule has 1 aromatic heterocycles. The number of aromatic nitrogens is 2. The van der Waals surface area contributed by atoms with Gasteiger partial charge < -0.3 is 15.0 Å². The molecule has 122 valence electrons. The van der Waals surface area contributed by atoms with E-state index in [4.69, 9.17) is 4.74 Å². The minimum atomic E-state index is -0.0745. The number of ether oxygens (including phenoxy) is 1. The summed E-state index contributed by atoms with van der Waals surface area (Å²) < 4.78 is 5.13. The normalized spacial score (nSPS) is 10.4. The summed E-state index contributed by atoms with van der Waals surface area (Å²) in [7, 11) is 1.65. The van der Waals surface area contributed by atoms with Gasteiger partial charge in [-0.05, 0) is 36.2 Å². The van der Waals surface area contributed by atoms with Crippen LogP contribution in [0.1, 0.15) is 15.9 Å². The first-order valence-electron chi connectivity index (χ1n) is 7.77. The van der Waals surface area contributed by atoms with Gasteiger partial charge in [-0.2, -0.15) is 0 Å². The maximum Gasteiger partial charge on any atom is 0.251 e. The summed E-state index contributed by atoms with van der Waals surface area (Å²) in [6.07, 6.45) is 4.25. The number of rotatable bonds is 6. The van der Waals surface area contributed by atoms with Crippen molar-refractivity contribution < 1.29 is 9.53 Å². The van der Waals surface area contributed by atoms with E-state index in [2.05, 4.69) is 15.3 Å². The Hall–Kier alpha value is -3.08. The third-order valence-electron chi connectivity index (χ3n) is 3.78. The number of hydrogen-bond acceptors (Lipinski definition) is 3. The summed E-state index contributed by atoms with van der Waals surface area (Å²) in [6.45, 7) is 0.588. The molecule has 3 aromatic rings. The molecule has 0 fully saturated rings. The van der Waals surface area contributed by atoms with Gasteiger partial charge in [0.1, 0.15) is 11.6 Å². The first-order chi connectivity index (χ1) is 11.8. The number of aromatic amines is 1. The van der Waals surface area contributed by atoms with Crippen LogP contribution in [-0.4, -0.2) is 29.5 Å². The number of carbonyl (C=O) groups is 1. The van der Waals surface area contributed by atoms with Crippen molar-refractivity contribution in [2.75, 3.05) is 13.7 Å².